The Kier molecular flexibility index (Phi) is 8.06. The van der Waals surface area contributed by atoms with Gasteiger partial charge in [0.25, 0.3) is 0 Å². The summed E-state index contributed by atoms with van der Waals surface area (Å²) in [7, 11) is 1.85. The first kappa shape index (κ1) is 19.3. The molecule has 1 saturated carbocycles. The zero-order valence-electron chi connectivity index (χ0n) is 15.4. The molecule has 5 heteroatoms. The van der Waals surface area contributed by atoms with E-state index in [-0.39, 0.29) is 0 Å². The monoisotopic (exact) mass is 351 g/mol. The molecule has 0 amide bonds. The molecule has 1 heterocycles. The molecule has 136 valence electrons. The number of aliphatic imine (C=N–C) groups is 1. The van der Waals surface area contributed by atoms with Gasteiger partial charge < -0.3 is 15.4 Å². The van der Waals surface area contributed by atoms with E-state index in [0.29, 0.717) is 11.3 Å². The molecule has 0 aliphatic heterocycles. The van der Waals surface area contributed by atoms with E-state index in [1.54, 1.807) is 0 Å². The van der Waals surface area contributed by atoms with Crippen molar-refractivity contribution < 1.29 is 4.74 Å². The van der Waals surface area contributed by atoms with Gasteiger partial charge in [-0.3, -0.25) is 4.99 Å². The highest BCUT2D eigenvalue weighted by molar-refractivity contribution is 7.10. The van der Waals surface area contributed by atoms with Gasteiger partial charge in [0.2, 0.25) is 0 Å². The minimum Gasteiger partial charge on any atom is -0.382 e. The molecule has 0 spiro atoms. The lowest BCUT2D eigenvalue weighted by Gasteiger charge is -2.30. The second-order valence-corrected chi connectivity index (χ2v) is 7.86. The van der Waals surface area contributed by atoms with Crippen molar-refractivity contribution in [1.29, 1.82) is 0 Å². The lowest BCUT2D eigenvalue weighted by Crippen LogP contribution is -2.44. The molecule has 2 rings (SSSR count). The van der Waals surface area contributed by atoms with Gasteiger partial charge in [0.05, 0.1) is 0 Å². The number of nitrogens with one attached hydrogen (secondary N) is 2. The van der Waals surface area contributed by atoms with Crippen molar-refractivity contribution >= 4 is 17.3 Å². The van der Waals surface area contributed by atoms with E-state index in [1.807, 2.05) is 18.4 Å². The van der Waals surface area contributed by atoms with E-state index in [2.05, 4.69) is 47.0 Å². The average Bonchev–Trinajstić information content (AvgIpc) is 3.27. The third-order valence-electron chi connectivity index (χ3n) is 5.10. The molecule has 2 N–H and O–H groups in total. The van der Waals surface area contributed by atoms with Crippen molar-refractivity contribution in [1.82, 2.24) is 10.6 Å². The summed E-state index contributed by atoms with van der Waals surface area (Å²) in [5.74, 6) is 1.42. The number of rotatable bonds is 9. The van der Waals surface area contributed by atoms with Crippen LogP contribution in [-0.2, 0) is 4.74 Å². The second-order valence-electron chi connectivity index (χ2n) is 6.88. The maximum absolute atomic E-state index is 5.60. The standard InChI is InChI=1S/C19H33N3OS/c1-4-23-12-11-19(9-5-6-10-19)15-22-18(20-3)21-14-16(2)17-8-7-13-24-17/h7-8,13,16H,4-6,9-12,14-15H2,1-3H3,(H2,20,21,22). The van der Waals surface area contributed by atoms with Crippen molar-refractivity contribution in [3.05, 3.63) is 22.4 Å². The maximum atomic E-state index is 5.60. The van der Waals surface area contributed by atoms with E-state index < -0.39 is 0 Å². The molecule has 1 aromatic heterocycles. The predicted molar refractivity (Wildman–Crippen MR) is 104 cm³/mol. The Morgan fingerprint density at radius 2 is 2.17 bits per heavy atom. The van der Waals surface area contributed by atoms with E-state index in [0.717, 1.165) is 38.7 Å². The smallest absolute Gasteiger partial charge is 0.191 e. The van der Waals surface area contributed by atoms with E-state index >= 15 is 0 Å². The molecule has 4 nitrogen and oxygen atoms in total. The first-order valence-corrected chi connectivity index (χ1v) is 10.1. The average molecular weight is 352 g/mol. The highest BCUT2D eigenvalue weighted by Gasteiger charge is 2.33. The van der Waals surface area contributed by atoms with Crippen LogP contribution in [0.2, 0.25) is 0 Å². The Bertz CT molecular complexity index is 481. The van der Waals surface area contributed by atoms with Crippen molar-refractivity contribution in [2.75, 3.05) is 33.4 Å². The zero-order valence-corrected chi connectivity index (χ0v) is 16.3. The number of thiophene rings is 1. The van der Waals surface area contributed by atoms with Crippen molar-refractivity contribution in [2.45, 2.75) is 51.9 Å². The lowest BCUT2D eigenvalue weighted by molar-refractivity contribution is 0.105. The van der Waals surface area contributed by atoms with Crippen LogP contribution in [0.15, 0.2) is 22.5 Å². The van der Waals surface area contributed by atoms with Crippen LogP contribution in [0, 0.1) is 5.41 Å². The van der Waals surface area contributed by atoms with Crippen LogP contribution in [0.1, 0.15) is 56.7 Å². The van der Waals surface area contributed by atoms with Crippen LogP contribution in [0.4, 0.5) is 0 Å². The van der Waals surface area contributed by atoms with Crippen LogP contribution in [0.25, 0.3) is 0 Å². The molecule has 24 heavy (non-hydrogen) atoms. The van der Waals surface area contributed by atoms with Gasteiger partial charge in [-0.2, -0.15) is 0 Å². The molecular formula is C19H33N3OS. The second kappa shape index (κ2) is 10.0. The summed E-state index contributed by atoms with van der Waals surface area (Å²) in [5, 5.41) is 9.19. The molecular weight excluding hydrogens is 318 g/mol. The van der Waals surface area contributed by atoms with Crippen LogP contribution in [0.3, 0.4) is 0 Å². The number of ether oxygens (including phenoxy) is 1. The normalized spacial score (nSPS) is 18.5. The molecule has 1 atom stereocenters. The summed E-state index contributed by atoms with van der Waals surface area (Å²) in [4.78, 5) is 5.81. The van der Waals surface area contributed by atoms with Crippen LogP contribution in [-0.4, -0.2) is 39.3 Å². The zero-order chi connectivity index (χ0) is 17.3. The van der Waals surface area contributed by atoms with Gasteiger partial charge in [0, 0.05) is 44.1 Å². The third-order valence-corrected chi connectivity index (χ3v) is 6.21. The van der Waals surface area contributed by atoms with E-state index in [4.69, 9.17) is 4.74 Å². The summed E-state index contributed by atoms with van der Waals surface area (Å²) < 4.78 is 5.60. The van der Waals surface area contributed by atoms with Gasteiger partial charge in [0.15, 0.2) is 5.96 Å². The summed E-state index contributed by atoms with van der Waals surface area (Å²) >= 11 is 1.82. The molecule has 1 aliphatic carbocycles. The fourth-order valence-corrected chi connectivity index (χ4v) is 4.27. The van der Waals surface area contributed by atoms with E-state index in [9.17, 15) is 0 Å². The summed E-state index contributed by atoms with van der Waals surface area (Å²) in [6, 6.07) is 4.32. The van der Waals surface area contributed by atoms with Gasteiger partial charge >= 0.3 is 0 Å². The van der Waals surface area contributed by atoms with Crippen molar-refractivity contribution in [2.24, 2.45) is 10.4 Å². The Morgan fingerprint density at radius 1 is 1.38 bits per heavy atom. The fraction of sp³-hybridized carbons (Fsp3) is 0.737. The number of guanidine groups is 1. The van der Waals surface area contributed by atoms with Gasteiger partial charge in [-0.05, 0) is 43.0 Å². The molecule has 0 radical (unpaired) electrons. The van der Waals surface area contributed by atoms with Crippen molar-refractivity contribution in [3.63, 3.8) is 0 Å². The highest BCUT2D eigenvalue weighted by atomic mass is 32.1. The number of hydrogen-bond donors (Lipinski definition) is 2. The van der Waals surface area contributed by atoms with Gasteiger partial charge in [0.1, 0.15) is 0 Å². The highest BCUT2D eigenvalue weighted by Crippen LogP contribution is 2.40. The first-order valence-electron chi connectivity index (χ1n) is 9.25. The minimum atomic E-state index is 0.381. The van der Waals surface area contributed by atoms with Crippen LogP contribution < -0.4 is 10.6 Å². The van der Waals surface area contributed by atoms with Crippen LogP contribution in [0.5, 0.6) is 0 Å². The first-order chi connectivity index (χ1) is 11.7. The molecule has 1 fully saturated rings. The van der Waals surface area contributed by atoms with Gasteiger partial charge in [-0.25, -0.2) is 0 Å². The molecule has 0 aromatic carbocycles. The summed E-state index contributed by atoms with van der Waals surface area (Å²) in [5.41, 5.74) is 0.381. The fourth-order valence-electron chi connectivity index (χ4n) is 3.49. The van der Waals surface area contributed by atoms with E-state index in [1.165, 1.54) is 30.6 Å². The largest absolute Gasteiger partial charge is 0.382 e. The van der Waals surface area contributed by atoms with Gasteiger partial charge in [-0.1, -0.05) is 25.8 Å². The maximum Gasteiger partial charge on any atom is 0.191 e. The SMILES string of the molecule is CCOCCC1(CNC(=NC)NCC(C)c2cccs2)CCCC1. The quantitative estimate of drug-likeness (QED) is 0.401. The Balaban J connectivity index is 1.78. The number of hydrogen-bond acceptors (Lipinski definition) is 3. The molecule has 1 aliphatic rings. The van der Waals surface area contributed by atoms with Gasteiger partial charge in [-0.15, -0.1) is 11.3 Å². The third kappa shape index (κ3) is 5.78. The molecule has 0 bridgehead atoms. The Hall–Kier alpha value is -1.07. The molecule has 1 unspecified atom stereocenters. The summed E-state index contributed by atoms with van der Waals surface area (Å²) in [6.07, 6.45) is 6.44. The van der Waals surface area contributed by atoms with Crippen LogP contribution >= 0.6 is 11.3 Å². The minimum absolute atomic E-state index is 0.381. The van der Waals surface area contributed by atoms with Crippen molar-refractivity contribution in [3.8, 4) is 0 Å². The summed E-state index contributed by atoms with van der Waals surface area (Å²) in [6.45, 7) is 7.92. The predicted octanol–water partition coefficient (Wildman–Crippen LogP) is 4.00. The lowest BCUT2D eigenvalue weighted by atomic mass is 9.83. The topological polar surface area (TPSA) is 45.6 Å². The Labute approximate surface area is 151 Å². The Morgan fingerprint density at radius 3 is 2.79 bits per heavy atom. The molecule has 1 aromatic rings. The molecule has 0 saturated heterocycles. The number of nitrogens with zero attached hydrogens (tertiary/aromatic N) is 1.